The molecule has 1 aliphatic rings. The van der Waals surface area contributed by atoms with E-state index in [0.29, 0.717) is 11.3 Å². The first-order chi connectivity index (χ1) is 17.5. The lowest BCUT2D eigenvalue weighted by Crippen LogP contribution is -2.29. The van der Waals surface area contributed by atoms with Crippen LogP contribution < -0.4 is 14.4 Å². The van der Waals surface area contributed by atoms with E-state index in [4.69, 9.17) is 4.74 Å². The van der Waals surface area contributed by atoms with E-state index in [1.54, 1.807) is 18.2 Å². The van der Waals surface area contributed by atoms with Crippen molar-refractivity contribution in [1.82, 2.24) is 0 Å². The predicted molar refractivity (Wildman–Crippen MR) is 124 cm³/mol. The molecule has 37 heavy (non-hydrogen) atoms. The van der Waals surface area contributed by atoms with Crippen LogP contribution in [-0.4, -0.2) is 35.2 Å². The Morgan fingerprint density at radius 1 is 1.00 bits per heavy atom. The molecule has 0 spiro atoms. The first-order valence-electron chi connectivity index (χ1n) is 10.6. The van der Waals surface area contributed by atoms with E-state index in [0.717, 1.165) is 29.2 Å². The molecule has 1 fully saturated rings. The maximum Gasteiger partial charge on any atom is 0.573 e. The molecular formula is C25H17F3N2O7. The second kappa shape index (κ2) is 9.64. The lowest BCUT2D eigenvalue weighted by atomic mass is 9.95. The maximum absolute atomic E-state index is 13.2. The average molecular weight is 514 g/mol. The Balaban J connectivity index is 1.90. The molecular weight excluding hydrogens is 497 g/mol. The maximum atomic E-state index is 13.2. The van der Waals surface area contributed by atoms with Gasteiger partial charge >= 0.3 is 6.36 Å². The number of ether oxygens (including phenoxy) is 2. The van der Waals surface area contributed by atoms with Gasteiger partial charge in [0.15, 0.2) is 0 Å². The molecule has 1 atom stereocenters. The number of hydrogen-bond donors (Lipinski definition) is 1. The van der Waals surface area contributed by atoms with Gasteiger partial charge in [-0.1, -0.05) is 18.2 Å². The summed E-state index contributed by atoms with van der Waals surface area (Å²) >= 11 is 0. The lowest BCUT2D eigenvalue weighted by Gasteiger charge is -2.26. The van der Waals surface area contributed by atoms with Gasteiger partial charge in [0.25, 0.3) is 17.4 Å². The number of carbonyl (C=O) groups is 2. The molecule has 190 valence electrons. The Hall–Kier alpha value is -4.87. The summed E-state index contributed by atoms with van der Waals surface area (Å²) in [5, 5.41) is 22.1. The Labute approximate surface area is 207 Å². The number of rotatable bonds is 6. The van der Waals surface area contributed by atoms with Crippen LogP contribution in [0.15, 0.2) is 78.4 Å². The van der Waals surface area contributed by atoms with E-state index in [2.05, 4.69) is 4.74 Å². The van der Waals surface area contributed by atoms with Crippen molar-refractivity contribution in [2.45, 2.75) is 12.4 Å². The summed E-state index contributed by atoms with van der Waals surface area (Å²) in [4.78, 5) is 37.6. The van der Waals surface area contributed by atoms with Crippen molar-refractivity contribution in [2.75, 3.05) is 12.0 Å². The Morgan fingerprint density at radius 3 is 2.27 bits per heavy atom. The third-order valence-electron chi connectivity index (χ3n) is 5.53. The number of nitro groups is 1. The highest BCUT2D eigenvalue weighted by Gasteiger charge is 2.47. The number of anilines is 1. The minimum Gasteiger partial charge on any atom is -0.507 e. The number of methoxy groups -OCH3 is 1. The molecule has 9 nitrogen and oxygen atoms in total. The van der Waals surface area contributed by atoms with Crippen LogP contribution in [0.25, 0.3) is 5.76 Å². The van der Waals surface area contributed by atoms with Crippen LogP contribution >= 0.6 is 0 Å². The van der Waals surface area contributed by atoms with Crippen molar-refractivity contribution in [3.05, 3.63) is 99.6 Å². The Morgan fingerprint density at radius 2 is 1.65 bits per heavy atom. The van der Waals surface area contributed by atoms with Crippen LogP contribution in [-0.2, 0) is 9.59 Å². The van der Waals surface area contributed by atoms with Crippen molar-refractivity contribution in [3.8, 4) is 11.5 Å². The fraction of sp³-hybridized carbons (Fsp3) is 0.120. The van der Waals surface area contributed by atoms with Gasteiger partial charge in [0.05, 0.1) is 23.6 Å². The third-order valence-corrected chi connectivity index (χ3v) is 5.53. The molecule has 1 aliphatic heterocycles. The highest BCUT2D eigenvalue weighted by atomic mass is 19.4. The number of ketones is 1. The zero-order chi connectivity index (χ0) is 26.9. The normalized spacial score (nSPS) is 17.1. The topological polar surface area (TPSA) is 119 Å². The predicted octanol–water partition coefficient (Wildman–Crippen LogP) is 5.13. The molecule has 1 N–H and O–H groups in total. The second-order valence-corrected chi connectivity index (χ2v) is 7.79. The van der Waals surface area contributed by atoms with E-state index < -0.39 is 40.5 Å². The number of halogens is 3. The Kier molecular flexibility index (Phi) is 6.58. The van der Waals surface area contributed by atoms with E-state index >= 15 is 0 Å². The number of nitrogens with zero attached hydrogens (tertiary/aromatic N) is 2. The van der Waals surface area contributed by atoms with Crippen molar-refractivity contribution < 1.29 is 42.3 Å². The number of aliphatic hydroxyl groups is 1. The number of alkyl halides is 3. The van der Waals surface area contributed by atoms with Gasteiger partial charge in [0, 0.05) is 29.4 Å². The highest BCUT2D eigenvalue weighted by Crippen LogP contribution is 2.43. The molecule has 1 saturated heterocycles. The van der Waals surface area contributed by atoms with E-state index in [1.807, 2.05) is 0 Å². The summed E-state index contributed by atoms with van der Waals surface area (Å²) in [5.41, 5.74) is -0.397. The minimum atomic E-state index is -4.99. The van der Waals surface area contributed by atoms with Crippen molar-refractivity contribution in [2.24, 2.45) is 0 Å². The van der Waals surface area contributed by atoms with Crippen LogP contribution in [0, 0.1) is 10.1 Å². The van der Waals surface area contributed by atoms with Crippen LogP contribution in [0.2, 0.25) is 0 Å². The number of benzene rings is 3. The monoisotopic (exact) mass is 514 g/mol. The van der Waals surface area contributed by atoms with Crippen LogP contribution in [0.5, 0.6) is 11.5 Å². The molecule has 3 aromatic rings. The van der Waals surface area contributed by atoms with Crippen molar-refractivity contribution in [3.63, 3.8) is 0 Å². The summed E-state index contributed by atoms with van der Waals surface area (Å²) in [5.74, 6) is -3.10. The molecule has 0 aromatic heterocycles. The van der Waals surface area contributed by atoms with Gasteiger partial charge in [-0.25, -0.2) is 0 Å². The number of carbonyl (C=O) groups excluding carboxylic acids is 2. The largest absolute Gasteiger partial charge is 0.573 e. The quantitative estimate of drug-likeness (QED) is 0.159. The van der Waals surface area contributed by atoms with Crippen LogP contribution in [0.4, 0.5) is 24.5 Å². The van der Waals surface area contributed by atoms with Gasteiger partial charge in [-0.3, -0.25) is 24.6 Å². The highest BCUT2D eigenvalue weighted by molar-refractivity contribution is 6.51. The number of aliphatic hydroxyl groups excluding tert-OH is 1. The molecule has 1 amide bonds. The standard InChI is InChI=1S/C25H17F3N2O7/c1-36-18-6-2-4-15(12-18)21-20(22(31)14-8-10-16(11-9-14)30(34)35)23(32)24(33)29(21)17-5-3-7-19(13-17)37-25(26,27)28/h2-13,21,31H,1H3/b22-20+. The van der Waals surface area contributed by atoms with Gasteiger partial charge in [0.2, 0.25) is 0 Å². The summed E-state index contributed by atoms with van der Waals surface area (Å²) < 4.78 is 47.6. The number of hydrogen-bond acceptors (Lipinski definition) is 7. The van der Waals surface area contributed by atoms with Crippen molar-refractivity contribution in [1.29, 1.82) is 0 Å². The smallest absolute Gasteiger partial charge is 0.507 e. The first kappa shape index (κ1) is 25.2. The SMILES string of the molecule is COc1cccc(C2/C(=C(\O)c3ccc([N+](=O)[O-])cc3)C(=O)C(=O)N2c2cccc(OC(F)(F)F)c2)c1. The summed E-state index contributed by atoms with van der Waals surface area (Å²) in [6, 6.07) is 14.1. The van der Waals surface area contributed by atoms with Crippen LogP contribution in [0.1, 0.15) is 17.2 Å². The Bertz CT molecular complexity index is 1420. The summed E-state index contributed by atoms with van der Waals surface area (Å²) in [6.45, 7) is 0. The van der Waals surface area contributed by atoms with E-state index in [9.17, 15) is 38.0 Å². The van der Waals surface area contributed by atoms with E-state index in [1.165, 1.54) is 37.4 Å². The average Bonchev–Trinajstić information content (AvgIpc) is 3.13. The molecule has 0 saturated carbocycles. The zero-order valence-corrected chi connectivity index (χ0v) is 18.9. The molecule has 0 radical (unpaired) electrons. The second-order valence-electron chi connectivity index (χ2n) is 7.79. The number of non-ortho nitro benzene ring substituents is 1. The number of Topliss-reactive ketones (excluding diaryl/α,β-unsaturated/α-hetero) is 1. The number of nitro benzene ring substituents is 1. The fourth-order valence-electron chi connectivity index (χ4n) is 3.95. The van der Waals surface area contributed by atoms with Crippen molar-refractivity contribution >= 4 is 28.8 Å². The molecule has 12 heteroatoms. The van der Waals surface area contributed by atoms with Gasteiger partial charge in [-0.05, 0) is 42.0 Å². The van der Waals surface area contributed by atoms with E-state index in [-0.39, 0.29) is 22.5 Å². The molecule has 1 unspecified atom stereocenters. The minimum absolute atomic E-state index is 0.0191. The summed E-state index contributed by atoms with van der Waals surface area (Å²) in [7, 11) is 1.39. The van der Waals surface area contributed by atoms with Gasteiger partial charge < -0.3 is 14.6 Å². The molecule has 3 aromatic carbocycles. The molecule has 0 aliphatic carbocycles. The first-order valence-corrected chi connectivity index (χ1v) is 10.6. The van der Waals surface area contributed by atoms with Crippen LogP contribution in [0.3, 0.4) is 0 Å². The summed E-state index contributed by atoms with van der Waals surface area (Å²) in [6.07, 6.45) is -4.99. The number of amides is 1. The van der Waals surface area contributed by atoms with Gasteiger partial charge in [-0.15, -0.1) is 13.2 Å². The lowest BCUT2D eigenvalue weighted by molar-refractivity contribution is -0.384. The molecule has 4 rings (SSSR count). The fourth-order valence-corrected chi connectivity index (χ4v) is 3.95. The molecule has 1 heterocycles. The van der Waals surface area contributed by atoms with Gasteiger partial charge in [0.1, 0.15) is 17.3 Å². The molecule has 0 bridgehead atoms. The third kappa shape index (κ3) is 5.08. The zero-order valence-electron chi connectivity index (χ0n) is 18.9. The van der Waals surface area contributed by atoms with Gasteiger partial charge in [-0.2, -0.15) is 0 Å².